The fourth-order valence-electron chi connectivity index (χ4n) is 4.41. The standard InChI is InChI=1S/C27H19N5O4S/c1-16-13-18(14-24-26(33)31-23-6-4-3-5-22(23)29-27(31)37-24)17(2)30(16)19-7-10-21(11-8-19)36-25-12-9-20(15-28-25)32(34)35/h3-15H,1-2H3. The van der Waals surface area contributed by atoms with E-state index in [0.717, 1.165) is 39.9 Å². The van der Waals surface area contributed by atoms with E-state index in [1.165, 1.54) is 23.5 Å². The molecule has 6 rings (SSSR count). The number of ether oxygens (including phenoxy) is 1. The first kappa shape index (κ1) is 22.6. The van der Waals surface area contributed by atoms with Crippen LogP contribution in [0, 0.1) is 24.0 Å². The summed E-state index contributed by atoms with van der Waals surface area (Å²) in [5.74, 6) is 0.830. The molecule has 0 atom stereocenters. The molecule has 9 nitrogen and oxygen atoms in total. The summed E-state index contributed by atoms with van der Waals surface area (Å²) < 4.78 is 10.1. The van der Waals surface area contributed by atoms with E-state index in [1.54, 1.807) is 4.40 Å². The number of hydrogen-bond acceptors (Lipinski definition) is 7. The summed E-state index contributed by atoms with van der Waals surface area (Å²) in [4.78, 5) is 32.7. The Labute approximate surface area is 213 Å². The Morgan fingerprint density at radius 1 is 1.05 bits per heavy atom. The molecule has 0 aliphatic rings. The average Bonchev–Trinajstić information content (AvgIpc) is 3.50. The summed E-state index contributed by atoms with van der Waals surface area (Å²) in [6.45, 7) is 4.03. The number of benzene rings is 2. The van der Waals surface area contributed by atoms with Gasteiger partial charge >= 0.3 is 0 Å². The maximum absolute atomic E-state index is 13.2. The molecule has 0 spiro atoms. The second kappa shape index (κ2) is 8.68. The lowest BCUT2D eigenvalue weighted by Gasteiger charge is -2.11. The highest BCUT2D eigenvalue weighted by Gasteiger charge is 2.14. The van der Waals surface area contributed by atoms with Gasteiger partial charge in [0.15, 0.2) is 4.96 Å². The van der Waals surface area contributed by atoms with Gasteiger partial charge in [0.1, 0.15) is 11.9 Å². The Morgan fingerprint density at radius 3 is 2.57 bits per heavy atom. The molecule has 0 unspecified atom stereocenters. The minimum Gasteiger partial charge on any atom is -0.439 e. The van der Waals surface area contributed by atoms with E-state index < -0.39 is 4.92 Å². The number of hydrogen-bond donors (Lipinski definition) is 0. The summed E-state index contributed by atoms with van der Waals surface area (Å²) >= 11 is 1.38. The number of aromatic nitrogens is 4. The minimum atomic E-state index is -0.505. The van der Waals surface area contributed by atoms with Crippen LogP contribution in [0.5, 0.6) is 11.6 Å². The molecule has 0 saturated heterocycles. The summed E-state index contributed by atoms with van der Waals surface area (Å²) in [7, 11) is 0. The van der Waals surface area contributed by atoms with E-state index in [4.69, 9.17) is 4.74 Å². The normalized spacial score (nSPS) is 12.0. The fourth-order valence-corrected chi connectivity index (χ4v) is 5.39. The molecule has 0 aliphatic carbocycles. The highest BCUT2D eigenvalue weighted by molar-refractivity contribution is 7.15. The summed E-state index contributed by atoms with van der Waals surface area (Å²) in [5.41, 5.74) is 5.38. The van der Waals surface area contributed by atoms with Crippen molar-refractivity contribution in [3.8, 4) is 17.3 Å². The third kappa shape index (κ3) is 3.93. The van der Waals surface area contributed by atoms with Crippen molar-refractivity contribution in [2.45, 2.75) is 13.8 Å². The zero-order valence-electron chi connectivity index (χ0n) is 19.8. The number of fused-ring (bicyclic) bond motifs is 3. The molecule has 0 amide bonds. The van der Waals surface area contributed by atoms with Gasteiger partial charge in [0.05, 0.1) is 20.5 Å². The van der Waals surface area contributed by atoms with E-state index >= 15 is 0 Å². The molecular weight excluding hydrogens is 490 g/mol. The van der Waals surface area contributed by atoms with Crippen molar-refractivity contribution in [1.82, 2.24) is 18.9 Å². The Balaban J connectivity index is 1.31. The number of nitrogens with zero attached hydrogens (tertiary/aromatic N) is 5. The number of imidazole rings is 1. The SMILES string of the molecule is Cc1cc(C=c2sc3nc4ccccc4n3c2=O)c(C)n1-c1ccc(Oc2ccc([N+](=O)[O-])cn2)cc1. The fraction of sp³-hybridized carbons (Fsp3) is 0.0741. The van der Waals surface area contributed by atoms with Gasteiger partial charge in [-0.15, -0.1) is 0 Å². The lowest BCUT2D eigenvalue weighted by atomic mass is 10.2. The number of para-hydroxylation sites is 2. The lowest BCUT2D eigenvalue weighted by Crippen LogP contribution is -2.22. The lowest BCUT2D eigenvalue weighted by molar-refractivity contribution is -0.385. The molecule has 0 bridgehead atoms. The molecule has 0 aliphatic heterocycles. The molecule has 0 radical (unpaired) electrons. The maximum atomic E-state index is 13.2. The van der Waals surface area contributed by atoms with Gasteiger partial charge in [0.2, 0.25) is 5.88 Å². The molecule has 4 aromatic heterocycles. The topological polar surface area (TPSA) is 105 Å². The zero-order valence-corrected chi connectivity index (χ0v) is 20.6. The van der Waals surface area contributed by atoms with E-state index in [1.807, 2.05) is 68.5 Å². The van der Waals surface area contributed by atoms with Gasteiger partial charge in [0, 0.05) is 29.2 Å². The summed E-state index contributed by atoms with van der Waals surface area (Å²) in [5, 5.41) is 10.8. The molecule has 6 aromatic rings. The molecule has 0 saturated carbocycles. The van der Waals surface area contributed by atoms with Crippen molar-refractivity contribution in [2.24, 2.45) is 0 Å². The highest BCUT2D eigenvalue weighted by Crippen LogP contribution is 2.26. The van der Waals surface area contributed by atoms with Crippen LogP contribution in [0.25, 0.3) is 27.8 Å². The van der Waals surface area contributed by atoms with Crippen molar-refractivity contribution < 1.29 is 9.66 Å². The zero-order chi connectivity index (χ0) is 25.7. The van der Waals surface area contributed by atoms with Crippen molar-refractivity contribution in [1.29, 1.82) is 0 Å². The maximum Gasteiger partial charge on any atom is 0.287 e. The second-order valence-electron chi connectivity index (χ2n) is 8.50. The smallest absolute Gasteiger partial charge is 0.287 e. The van der Waals surface area contributed by atoms with Gasteiger partial charge in [-0.05, 0) is 68.0 Å². The van der Waals surface area contributed by atoms with Gasteiger partial charge < -0.3 is 9.30 Å². The second-order valence-corrected chi connectivity index (χ2v) is 9.51. The van der Waals surface area contributed by atoms with E-state index in [-0.39, 0.29) is 17.1 Å². The molecule has 37 heavy (non-hydrogen) atoms. The molecule has 4 heterocycles. The Morgan fingerprint density at radius 2 is 1.84 bits per heavy atom. The van der Waals surface area contributed by atoms with Gasteiger partial charge in [-0.25, -0.2) is 14.4 Å². The van der Waals surface area contributed by atoms with Crippen molar-refractivity contribution >= 4 is 39.1 Å². The van der Waals surface area contributed by atoms with Crippen LogP contribution >= 0.6 is 11.3 Å². The monoisotopic (exact) mass is 509 g/mol. The number of rotatable bonds is 5. The van der Waals surface area contributed by atoms with Crippen LogP contribution in [-0.2, 0) is 0 Å². The van der Waals surface area contributed by atoms with Crippen LogP contribution in [0.4, 0.5) is 5.69 Å². The van der Waals surface area contributed by atoms with Crippen LogP contribution in [0.2, 0.25) is 0 Å². The van der Waals surface area contributed by atoms with Gasteiger partial charge in [-0.1, -0.05) is 23.5 Å². The molecule has 0 fully saturated rings. The number of thiazole rings is 1. The van der Waals surface area contributed by atoms with E-state index in [0.29, 0.717) is 15.2 Å². The van der Waals surface area contributed by atoms with E-state index in [2.05, 4.69) is 20.6 Å². The van der Waals surface area contributed by atoms with E-state index in [9.17, 15) is 14.9 Å². The van der Waals surface area contributed by atoms with Crippen molar-refractivity contribution in [3.05, 3.63) is 115 Å². The van der Waals surface area contributed by atoms with Crippen LogP contribution in [0.1, 0.15) is 17.0 Å². The van der Waals surface area contributed by atoms with Gasteiger partial charge in [-0.3, -0.25) is 14.9 Å². The Hall–Kier alpha value is -4.83. The minimum absolute atomic E-state index is 0.0696. The number of nitro groups is 1. The summed E-state index contributed by atoms with van der Waals surface area (Å²) in [6.07, 6.45) is 3.09. The predicted octanol–water partition coefficient (Wildman–Crippen LogP) is 4.96. The largest absolute Gasteiger partial charge is 0.439 e. The molecule has 0 N–H and O–H groups in total. The molecule has 182 valence electrons. The Kier molecular flexibility index (Phi) is 5.31. The molecule has 2 aromatic carbocycles. The first-order valence-corrected chi connectivity index (χ1v) is 12.2. The highest BCUT2D eigenvalue weighted by atomic mass is 32.1. The molecule has 10 heteroatoms. The van der Waals surface area contributed by atoms with Crippen LogP contribution in [0.3, 0.4) is 0 Å². The first-order chi connectivity index (χ1) is 17.9. The number of aryl methyl sites for hydroxylation is 1. The predicted molar refractivity (Wildman–Crippen MR) is 142 cm³/mol. The summed E-state index contributed by atoms with van der Waals surface area (Å²) in [6, 6.07) is 20.0. The van der Waals surface area contributed by atoms with Crippen molar-refractivity contribution in [2.75, 3.05) is 0 Å². The first-order valence-electron chi connectivity index (χ1n) is 11.4. The van der Waals surface area contributed by atoms with Crippen LogP contribution in [-0.4, -0.2) is 23.9 Å². The van der Waals surface area contributed by atoms with Gasteiger partial charge in [-0.2, -0.15) is 0 Å². The van der Waals surface area contributed by atoms with Gasteiger partial charge in [0.25, 0.3) is 11.2 Å². The Bertz CT molecular complexity index is 1920. The molecular formula is C27H19N5O4S. The van der Waals surface area contributed by atoms with Crippen LogP contribution in [0.15, 0.2) is 77.7 Å². The van der Waals surface area contributed by atoms with Crippen LogP contribution < -0.4 is 14.8 Å². The van der Waals surface area contributed by atoms with Crippen molar-refractivity contribution in [3.63, 3.8) is 0 Å². The quantitative estimate of drug-likeness (QED) is 0.240. The third-order valence-corrected chi connectivity index (χ3v) is 7.12. The average molecular weight is 510 g/mol. The number of pyridine rings is 1. The third-order valence-electron chi connectivity index (χ3n) is 6.15.